The summed E-state index contributed by atoms with van der Waals surface area (Å²) in [6.45, 7) is 2.63. The van der Waals surface area contributed by atoms with Crippen LogP contribution < -0.4 is 0 Å². The third kappa shape index (κ3) is 3.64. The molecule has 1 saturated heterocycles. The van der Waals surface area contributed by atoms with Gasteiger partial charge in [-0.15, -0.1) is 0 Å². The van der Waals surface area contributed by atoms with Crippen LogP contribution in [0, 0.1) is 0 Å². The maximum atomic E-state index is 2.75. The molecule has 0 spiro atoms. The minimum absolute atomic E-state index is 0.601. The van der Waals surface area contributed by atoms with E-state index >= 15 is 0 Å². The predicted molar refractivity (Wildman–Crippen MR) is 95.3 cm³/mol. The lowest BCUT2D eigenvalue weighted by Crippen LogP contribution is -2.45. The highest BCUT2D eigenvalue weighted by molar-refractivity contribution is 14.1. The molecule has 1 heterocycles. The van der Waals surface area contributed by atoms with Crippen LogP contribution in [0.2, 0.25) is 0 Å². The Morgan fingerprint density at radius 1 is 1.20 bits per heavy atom. The van der Waals surface area contributed by atoms with Crippen molar-refractivity contribution >= 4 is 28.7 Å². The summed E-state index contributed by atoms with van der Waals surface area (Å²) < 4.78 is 0.601. The Balaban J connectivity index is 1.52. The highest BCUT2D eigenvalue weighted by Crippen LogP contribution is 2.42. The lowest BCUT2D eigenvalue weighted by molar-refractivity contribution is 0.198. The fourth-order valence-corrected chi connectivity index (χ4v) is 4.58. The van der Waals surface area contributed by atoms with E-state index in [0.29, 0.717) is 3.42 Å². The molecule has 2 heteroatoms. The second-order valence-electron chi connectivity index (χ2n) is 6.32. The molecule has 1 aliphatic carbocycles. The van der Waals surface area contributed by atoms with Crippen LogP contribution in [0.1, 0.15) is 44.1 Å². The molecule has 1 aromatic carbocycles. The Kier molecular flexibility index (Phi) is 4.82. The fraction of sp³-hybridized carbons (Fsp3) is 0.556. The van der Waals surface area contributed by atoms with E-state index in [0.717, 1.165) is 6.04 Å². The zero-order valence-electron chi connectivity index (χ0n) is 12.1. The van der Waals surface area contributed by atoms with Crippen LogP contribution in [0.5, 0.6) is 0 Å². The Morgan fingerprint density at radius 3 is 2.70 bits per heavy atom. The van der Waals surface area contributed by atoms with E-state index in [2.05, 4.69) is 70.0 Å². The van der Waals surface area contributed by atoms with Gasteiger partial charge in [-0.05, 0) is 44.2 Å². The average Bonchev–Trinajstić information content (AvgIpc) is 2.86. The first-order valence-corrected chi connectivity index (χ1v) is 8.98. The number of nitrogens with zero attached hydrogens (tertiary/aromatic N) is 1. The molecular weight excluding hydrogens is 357 g/mol. The fourth-order valence-electron chi connectivity index (χ4n) is 3.38. The number of alkyl halides is 1. The summed E-state index contributed by atoms with van der Waals surface area (Å²) in [6, 6.07) is 11.4. The summed E-state index contributed by atoms with van der Waals surface area (Å²) in [5.41, 5.74) is 1.32. The third-order valence-corrected chi connectivity index (χ3v) is 6.17. The predicted octanol–water partition coefficient (Wildman–Crippen LogP) is 4.91. The van der Waals surface area contributed by atoms with Crippen molar-refractivity contribution in [2.45, 2.75) is 48.0 Å². The zero-order chi connectivity index (χ0) is 13.8. The third-order valence-electron chi connectivity index (χ3n) is 4.75. The summed E-state index contributed by atoms with van der Waals surface area (Å²) in [4.78, 5) is 2.75. The van der Waals surface area contributed by atoms with Gasteiger partial charge in [0.25, 0.3) is 0 Å². The molecule has 2 aliphatic rings. The van der Waals surface area contributed by atoms with E-state index in [-0.39, 0.29) is 0 Å². The van der Waals surface area contributed by atoms with Crippen molar-refractivity contribution in [2.75, 3.05) is 13.1 Å². The molecule has 3 rings (SSSR count). The molecule has 0 amide bonds. The molecule has 108 valence electrons. The van der Waals surface area contributed by atoms with E-state index in [4.69, 9.17) is 0 Å². The summed E-state index contributed by atoms with van der Waals surface area (Å²) in [5, 5.41) is 0. The molecule has 1 nitrogen and oxygen atoms in total. The molecule has 0 bridgehead atoms. The van der Waals surface area contributed by atoms with Gasteiger partial charge in [-0.2, -0.15) is 0 Å². The summed E-state index contributed by atoms with van der Waals surface area (Å²) in [7, 11) is 0. The first-order chi connectivity index (χ1) is 9.75. The number of hydrogen-bond donors (Lipinski definition) is 0. The molecule has 2 fully saturated rings. The van der Waals surface area contributed by atoms with Crippen molar-refractivity contribution in [1.29, 1.82) is 0 Å². The molecule has 1 atom stereocenters. The van der Waals surface area contributed by atoms with E-state index in [1.165, 1.54) is 57.2 Å². The maximum Gasteiger partial charge on any atom is 0.0349 e. The van der Waals surface area contributed by atoms with Crippen LogP contribution in [0.15, 0.2) is 36.4 Å². The molecule has 1 unspecified atom stereocenters. The van der Waals surface area contributed by atoms with E-state index in [1.54, 1.807) is 0 Å². The first-order valence-electron chi connectivity index (χ1n) is 7.90. The zero-order valence-corrected chi connectivity index (χ0v) is 14.3. The monoisotopic (exact) mass is 381 g/mol. The lowest BCUT2D eigenvalue weighted by Gasteiger charge is -2.41. The topological polar surface area (TPSA) is 3.24 Å². The van der Waals surface area contributed by atoms with Gasteiger partial charge in [-0.3, -0.25) is 4.90 Å². The number of rotatable bonds is 5. The quantitative estimate of drug-likeness (QED) is 0.517. The van der Waals surface area contributed by atoms with Crippen molar-refractivity contribution in [1.82, 2.24) is 4.90 Å². The Hall–Kier alpha value is -0.350. The Morgan fingerprint density at radius 2 is 2.00 bits per heavy atom. The van der Waals surface area contributed by atoms with Crippen LogP contribution in [-0.4, -0.2) is 27.5 Å². The van der Waals surface area contributed by atoms with Gasteiger partial charge >= 0.3 is 0 Å². The van der Waals surface area contributed by atoms with Crippen LogP contribution in [0.4, 0.5) is 0 Å². The van der Waals surface area contributed by atoms with Gasteiger partial charge in [-0.25, -0.2) is 0 Å². The van der Waals surface area contributed by atoms with Crippen LogP contribution in [0.3, 0.4) is 0 Å². The van der Waals surface area contributed by atoms with Crippen molar-refractivity contribution in [2.24, 2.45) is 0 Å². The number of likely N-dealkylation sites (tertiary alicyclic amines) is 1. The van der Waals surface area contributed by atoms with Crippen LogP contribution in [0.25, 0.3) is 6.08 Å². The van der Waals surface area contributed by atoms with E-state index < -0.39 is 0 Å². The van der Waals surface area contributed by atoms with Gasteiger partial charge in [-0.1, -0.05) is 71.5 Å². The van der Waals surface area contributed by atoms with E-state index in [1.807, 2.05) is 0 Å². The van der Waals surface area contributed by atoms with Crippen LogP contribution >= 0.6 is 22.6 Å². The SMILES string of the molecule is IC1(CN2CCCC2CC=Cc2ccccc2)CCC1. The van der Waals surface area contributed by atoms with Crippen molar-refractivity contribution in [3.05, 3.63) is 42.0 Å². The smallest absolute Gasteiger partial charge is 0.0349 e. The van der Waals surface area contributed by atoms with Gasteiger partial charge in [0, 0.05) is 16.0 Å². The molecule has 20 heavy (non-hydrogen) atoms. The second kappa shape index (κ2) is 6.61. The van der Waals surface area contributed by atoms with Crippen molar-refractivity contribution in [3.63, 3.8) is 0 Å². The number of benzene rings is 1. The average molecular weight is 381 g/mol. The Bertz CT molecular complexity index is 450. The van der Waals surface area contributed by atoms with Gasteiger partial charge in [0.2, 0.25) is 0 Å². The summed E-state index contributed by atoms with van der Waals surface area (Å²) in [6.07, 6.45) is 12.9. The minimum atomic E-state index is 0.601. The molecular formula is C18H24IN. The molecule has 0 aromatic heterocycles. The van der Waals surface area contributed by atoms with Gasteiger partial charge in [0.05, 0.1) is 0 Å². The minimum Gasteiger partial charge on any atom is -0.299 e. The summed E-state index contributed by atoms with van der Waals surface area (Å²) in [5.74, 6) is 0. The molecule has 0 N–H and O–H groups in total. The standard InChI is InChI=1S/C18H24IN/c19-18(12-6-13-18)15-20-14-5-11-17(20)10-4-9-16-7-2-1-3-8-16/h1-4,7-9,17H,5-6,10-15H2. The van der Waals surface area contributed by atoms with E-state index in [9.17, 15) is 0 Å². The lowest BCUT2D eigenvalue weighted by atomic mass is 9.84. The van der Waals surface area contributed by atoms with Gasteiger partial charge in [0.15, 0.2) is 0 Å². The maximum absolute atomic E-state index is 2.75. The largest absolute Gasteiger partial charge is 0.299 e. The van der Waals surface area contributed by atoms with Crippen molar-refractivity contribution in [3.8, 4) is 0 Å². The highest BCUT2D eigenvalue weighted by Gasteiger charge is 2.38. The summed E-state index contributed by atoms with van der Waals surface area (Å²) >= 11 is 2.71. The second-order valence-corrected chi connectivity index (χ2v) is 8.61. The highest BCUT2D eigenvalue weighted by atomic mass is 127. The normalized spacial score (nSPS) is 25.9. The first kappa shape index (κ1) is 14.6. The van der Waals surface area contributed by atoms with Gasteiger partial charge in [0.1, 0.15) is 0 Å². The molecule has 1 aromatic rings. The molecule has 1 saturated carbocycles. The van der Waals surface area contributed by atoms with Crippen molar-refractivity contribution < 1.29 is 0 Å². The Labute approximate surface area is 136 Å². The molecule has 1 aliphatic heterocycles. The number of halogens is 1. The van der Waals surface area contributed by atoms with Gasteiger partial charge < -0.3 is 0 Å². The number of hydrogen-bond acceptors (Lipinski definition) is 1. The van der Waals surface area contributed by atoms with Crippen LogP contribution in [-0.2, 0) is 0 Å². The molecule has 0 radical (unpaired) electrons.